The van der Waals surface area contributed by atoms with Gasteiger partial charge in [-0.25, -0.2) is 19.4 Å². The molecular formula is C19H17FN6O2. The van der Waals surface area contributed by atoms with Gasteiger partial charge in [0.1, 0.15) is 5.82 Å². The van der Waals surface area contributed by atoms with Crippen molar-refractivity contribution in [2.45, 2.75) is 19.4 Å². The summed E-state index contributed by atoms with van der Waals surface area (Å²) in [5.41, 5.74) is 3.51. The van der Waals surface area contributed by atoms with Crippen molar-refractivity contribution in [2.24, 2.45) is 9.98 Å². The van der Waals surface area contributed by atoms with Crippen molar-refractivity contribution in [3.63, 3.8) is 0 Å². The zero-order valence-corrected chi connectivity index (χ0v) is 15.2. The quantitative estimate of drug-likeness (QED) is 0.851. The Morgan fingerprint density at radius 1 is 1.29 bits per heavy atom. The molecule has 0 saturated carbocycles. The van der Waals surface area contributed by atoms with E-state index in [1.54, 1.807) is 13.0 Å². The van der Waals surface area contributed by atoms with Crippen molar-refractivity contribution in [2.75, 3.05) is 7.11 Å². The molecule has 0 radical (unpaired) electrons. The maximum absolute atomic E-state index is 14.0. The van der Waals surface area contributed by atoms with E-state index < -0.39 is 11.9 Å². The van der Waals surface area contributed by atoms with E-state index in [0.29, 0.717) is 46.1 Å². The highest BCUT2D eigenvalue weighted by Gasteiger charge is 2.32. The lowest BCUT2D eigenvalue weighted by molar-refractivity contribution is -0.0807. The molecule has 28 heavy (non-hydrogen) atoms. The Bertz CT molecular complexity index is 1060. The molecule has 0 aliphatic carbocycles. The third-order valence-electron chi connectivity index (χ3n) is 4.65. The van der Waals surface area contributed by atoms with Crippen molar-refractivity contribution >= 4 is 17.4 Å². The van der Waals surface area contributed by atoms with Crippen molar-refractivity contribution in [3.8, 4) is 17.1 Å². The molecule has 2 aliphatic heterocycles. The number of allylic oxidation sites excluding steroid dienone is 1. The summed E-state index contributed by atoms with van der Waals surface area (Å²) in [6, 6.07) is 3.75. The Morgan fingerprint density at radius 2 is 2.11 bits per heavy atom. The molecule has 4 rings (SSSR count). The molecule has 2 N–H and O–H groups in total. The van der Waals surface area contributed by atoms with Gasteiger partial charge >= 0.3 is 0 Å². The largest absolute Gasteiger partial charge is 0.480 e. The number of methoxy groups -OCH3 is 1. The van der Waals surface area contributed by atoms with Crippen LogP contribution in [0.25, 0.3) is 11.3 Å². The highest BCUT2D eigenvalue weighted by Crippen LogP contribution is 2.37. The molecule has 0 fully saturated rings. The molecule has 0 bridgehead atoms. The first-order chi connectivity index (χ1) is 13.5. The first-order valence-corrected chi connectivity index (χ1v) is 8.53. The molecular weight excluding hydrogens is 363 g/mol. The molecule has 1 atom stereocenters. The number of hydroxylamine groups is 2. The smallest absolute Gasteiger partial charge is 0.242 e. The van der Waals surface area contributed by atoms with E-state index >= 15 is 0 Å². The lowest BCUT2D eigenvalue weighted by Gasteiger charge is -2.33. The summed E-state index contributed by atoms with van der Waals surface area (Å²) in [5.74, 6) is -0.205. The summed E-state index contributed by atoms with van der Waals surface area (Å²) in [7, 11) is 1.48. The Kier molecular flexibility index (Phi) is 4.44. The topological polar surface area (TPSA) is 107 Å². The Balaban J connectivity index is 1.81. The van der Waals surface area contributed by atoms with Gasteiger partial charge < -0.3 is 4.74 Å². The fraction of sp³-hybridized carbons (Fsp3) is 0.211. The van der Waals surface area contributed by atoms with Gasteiger partial charge in [-0.05, 0) is 24.6 Å². The van der Waals surface area contributed by atoms with Crippen LogP contribution in [0.4, 0.5) is 4.39 Å². The third kappa shape index (κ3) is 3.16. The molecule has 0 amide bonds. The van der Waals surface area contributed by atoms with Gasteiger partial charge in [-0.1, -0.05) is 6.07 Å². The van der Waals surface area contributed by atoms with E-state index in [4.69, 9.17) is 10.1 Å². The summed E-state index contributed by atoms with van der Waals surface area (Å²) in [6.07, 6.45) is 4.83. The normalized spacial score (nSPS) is 18.9. The number of hydrogen-bond acceptors (Lipinski definition) is 6. The Hall–Kier alpha value is -3.46. The first-order valence-electron chi connectivity index (χ1n) is 8.53. The maximum Gasteiger partial charge on any atom is 0.242 e. The van der Waals surface area contributed by atoms with Crippen LogP contribution < -0.4 is 4.74 Å². The summed E-state index contributed by atoms with van der Waals surface area (Å²) in [4.78, 5) is 16.6. The van der Waals surface area contributed by atoms with Crippen molar-refractivity contribution in [1.29, 1.82) is 5.41 Å². The average Bonchev–Trinajstić information content (AvgIpc) is 2.68. The minimum absolute atomic E-state index is 0.0761. The van der Waals surface area contributed by atoms with Gasteiger partial charge in [0.2, 0.25) is 11.8 Å². The summed E-state index contributed by atoms with van der Waals surface area (Å²) >= 11 is 0. The van der Waals surface area contributed by atoms with E-state index in [1.807, 2.05) is 0 Å². The number of aliphatic imine (C=N–C) groups is 2. The van der Waals surface area contributed by atoms with Crippen LogP contribution in [0.3, 0.4) is 0 Å². The number of nitrogens with one attached hydrogen (secondary N) is 1. The van der Waals surface area contributed by atoms with Gasteiger partial charge in [0.05, 0.1) is 42.7 Å². The van der Waals surface area contributed by atoms with E-state index in [1.165, 1.54) is 37.8 Å². The molecule has 8 nitrogen and oxygen atoms in total. The van der Waals surface area contributed by atoms with Crippen LogP contribution in [0.5, 0.6) is 5.88 Å². The fourth-order valence-corrected chi connectivity index (χ4v) is 3.33. The van der Waals surface area contributed by atoms with E-state index in [-0.39, 0.29) is 5.96 Å². The SMILES string of the molecule is COc1cncc(-c2cc(F)ccc2C2CC3=NC(=N)N=C(C)C3=CN2O)n1. The lowest BCUT2D eigenvalue weighted by Crippen LogP contribution is -2.33. The average molecular weight is 380 g/mol. The number of halogens is 1. The van der Waals surface area contributed by atoms with Crippen LogP contribution in [0, 0.1) is 11.2 Å². The highest BCUT2D eigenvalue weighted by molar-refractivity contribution is 6.30. The second kappa shape index (κ2) is 6.93. The van der Waals surface area contributed by atoms with E-state index in [9.17, 15) is 9.60 Å². The van der Waals surface area contributed by atoms with Gasteiger partial charge in [0.25, 0.3) is 0 Å². The second-order valence-electron chi connectivity index (χ2n) is 6.40. The maximum atomic E-state index is 14.0. The molecule has 2 aromatic rings. The number of ether oxygens (including phenoxy) is 1. The highest BCUT2D eigenvalue weighted by atomic mass is 19.1. The van der Waals surface area contributed by atoms with Crippen molar-refractivity contribution in [1.82, 2.24) is 15.0 Å². The molecule has 1 aromatic heterocycles. The second-order valence-corrected chi connectivity index (χ2v) is 6.40. The minimum Gasteiger partial charge on any atom is -0.480 e. The zero-order valence-electron chi connectivity index (χ0n) is 15.2. The number of benzene rings is 1. The lowest BCUT2D eigenvalue weighted by atomic mass is 9.88. The molecule has 2 aliphatic rings. The number of aromatic nitrogens is 2. The van der Waals surface area contributed by atoms with Gasteiger partial charge in [0, 0.05) is 23.8 Å². The van der Waals surface area contributed by atoms with E-state index in [2.05, 4.69) is 20.0 Å². The predicted octanol–water partition coefficient (Wildman–Crippen LogP) is 3.16. The first kappa shape index (κ1) is 17.9. The van der Waals surface area contributed by atoms with Crippen molar-refractivity contribution < 1.29 is 14.3 Å². The number of hydrogen-bond donors (Lipinski definition) is 2. The number of rotatable bonds is 3. The van der Waals surface area contributed by atoms with Gasteiger partial charge in [-0.2, -0.15) is 0 Å². The summed E-state index contributed by atoms with van der Waals surface area (Å²) in [6.45, 7) is 1.76. The Labute approximate surface area is 160 Å². The molecule has 1 unspecified atom stereocenters. The zero-order chi connectivity index (χ0) is 19.8. The van der Waals surface area contributed by atoms with Gasteiger partial charge in [-0.3, -0.25) is 20.7 Å². The van der Waals surface area contributed by atoms with Crippen LogP contribution in [0.1, 0.15) is 24.9 Å². The van der Waals surface area contributed by atoms with Crippen LogP contribution in [-0.4, -0.2) is 44.7 Å². The van der Waals surface area contributed by atoms with Crippen LogP contribution in [0.15, 0.2) is 52.4 Å². The Morgan fingerprint density at radius 3 is 2.89 bits per heavy atom. The predicted molar refractivity (Wildman–Crippen MR) is 101 cm³/mol. The third-order valence-corrected chi connectivity index (χ3v) is 4.65. The molecule has 0 spiro atoms. The van der Waals surface area contributed by atoms with Crippen molar-refractivity contribution in [3.05, 3.63) is 53.7 Å². The minimum atomic E-state index is -0.537. The number of guanidine groups is 1. The van der Waals surface area contributed by atoms with Crippen LogP contribution in [-0.2, 0) is 0 Å². The number of fused-ring (bicyclic) bond motifs is 1. The molecule has 0 saturated heterocycles. The van der Waals surface area contributed by atoms with Crippen LogP contribution in [0.2, 0.25) is 0 Å². The standard InChI is InChI=1S/C19H17FN6O2/c1-10-14-9-26(27)17(6-15(14)25-19(21)23-10)12-4-3-11(20)5-13(12)16-7-22-8-18(24-16)28-2/h3-5,7-9,17,21,27H,6H2,1-2H3. The van der Waals surface area contributed by atoms with Gasteiger partial charge in [-0.15, -0.1) is 0 Å². The molecule has 1 aromatic carbocycles. The monoisotopic (exact) mass is 380 g/mol. The molecule has 142 valence electrons. The fourth-order valence-electron chi connectivity index (χ4n) is 3.33. The molecule has 3 heterocycles. The van der Waals surface area contributed by atoms with E-state index in [0.717, 1.165) is 5.06 Å². The van der Waals surface area contributed by atoms with Crippen LogP contribution >= 0.6 is 0 Å². The summed E-state index contributed by atoms with van der Waals surface area (Å²) < 4.78 is 19.1. The summed E-state index contributed by atoms with van der Waals surface area (Å²) in [5, 5.41) is 19.4. The number of nitrogens with zero attached hydrogens (tertiary/aromatic N) is 5. The molecule has 9 heteroatoms. The van der Waals surface area contributed by atoms with Gasteiger partial charge in [0.15, 0.2) is 0 Å².